The Kier molecular flexibility index (Phi) is 12.0. The maximum Gasteiger partial charge on any atom is 0.162 e. The van der Waals surface area contributed by atoms with Crippen molar-refractivity contribution in [3.05, 3.63) is 95.6 Å². The first-order valence-electron chi connectivity index (χ1n) is 16.9. The van der Waals surface area contributed by atoms with Gasteiger partial charge in [0.2, 0.25) is 0 Å². The number of ketones is 1. The van der Waals surface area contributed by atoms with Crippen LogP contribution in [0.5, 0.6) is 0 Å². The molecule has 47 heavy (non-hydrogen) atoms. The number of hydrogen-bond acceptors (Lipinski definition) is 5. The summed E-state index contributed by atoms with van der Waals surface area (Å²) < 4.78 is 6.52. The van der Waals surface area contributed by atoms with E-state index in [4.69, 9.17) is 9.40 Å². The molecule has 5 nitrogen and oxygen atoms in total. The molecule has 3 heterocycles. The fourth-order valence-electron chi connectivity index (χ4n) is 6.58. The number of aliphatic hydroxyl groups is 1. The van der Waals surface area contributed by atoms with Gasteiger partial charge in [0.25, 0.3) is 0 Å². The number of carbonyl (C=O) groups is 1. The Morgan fingerprint density at radius 3 is 2.30 bits per heavy atom. The summed E-state index contributed by atoms with van der Waals surface area (Å²) in [5.74, 6) is 1.49. The second-order valence-corrected chi connectivity index (χ2v) is 13.3. The van der Waals surface area contributed by atoms with Crippen LogP contribution in [0.3, 0.4) is 0 Å². The molecule has 5 aromatic rings. The number of fused-ring (bicyclic) bond motifs is 6. The summed E-state index contributed by atoms with van der Waals surface area (Å²) in [5.41, 5.74) is 7.44. The number of aliphatic hydroxyl groups excluding tert-OH is 1. The van der Waals surface area contributed by atoms with Crippen LogP contribution >= 0.6 is 0 Å². The maximum atomic E-state index is 11.7. The normalized spacial score (nSPS) is 12.8. The maximum absolute atomic E-state index is 11.7. The summed E-state index contributed by atoms with van der Waals surface area (Å²) in [6.07, 6.45) is 10.5. The van der Waals surface area contributed by atoms with E-state index in [0.29, 0.717) is 0 Å². The van der Waals surface area contributed by atoms with Crippen molar-refractivity contribution < 1.29 is 34.4 Å². The van der Waals surface area contributed by atoms with Crippen molar-refractivity contribution in [3.8, 4) is 22.6 Å². The number of aromatic nitrogens is 2. The van der Waals surface area contributed by atoms with E-state index < -0.39 is 0 Å². The van der Waals surface area contributed by atoms with Crippen LogP contribution in [-0.4, -0.2) is 20.9 Å². The van der Waals surface area contributed by atoms with Crippen molar-refractivity contribution in [1.82, 2.24) is 9.97 Å². The third kappa shape index (κ3) is 7.60. The third-order valence-electron chi connectivity index (χ3n) is 9.37. The molecule has 1 aliphatic rings. The van der Waals surface area contributed by atoms with Gasteiger partial charge >= 0.3 is 0 Å². The van der Waals surface area contributed by atoms with Crippen LogP contribution < -0.4 is 0 Å². The summed E-state index contributed by atoms with van der Waals surface area (Å²) in [6.45, 7) is 14.8. The van der Waals surface area contributed by atoms with E-state index >= 15 is 0 Å². The summed E-state index contributed by atoms with van der Waals surface area (Å²) in [4.78, 5) is 21.0. The second kappa shape index (κ2) is 15.5. The van der Waals surface area contributed by atoms with Crippen molar-refractivity contribution in [3.63, 3.8) is 0 Å². The van der Waals surface area contributed by atoms with Crippen LogP contribution in [0.15, 0.2) is 77.2 Å². The Morgan fingerprint density at radius 2 is 1.62 bits per heavy atom. The zero-order valence-corrected chi connectivity index (χ0v) is 31.1. The average Bonchev–Trinajstić information content (AvgIpc) is 3.45. The van der Waals surface area contributed by atoms with Crippen LogP contribution in [0.2, 0.25) is 0 Å². The molecule has 0 spiro atoms. The Labute approximate surface area is 293 Å². The largest absolute Gasteiger partial charge is 0.512 e. The van der Waals surface area contributed by atoms with Crippen molar-refractivity contribution in [1.29, 1.82) is 0 Å². The van der Waals surface area contributed by atoms with Gasteiger partial charge in [-0.2, -0.15) is 0 Å². The van der Waals surface area contributed by atoms with Gasteiger partial charge in [-0.25, -0.2) is 0 Å². The number of carbonyl (C=O) groups excluding carboxylic acids is 1. The SMILES string of the molecule is CC(C)(C)c1cc(-c2nccc3c4c(oc23)-c2cccnc2CC4)[c-]c2ccccc12.CCC(CC)C(=O)/C=C(\O)C(CC)CC.[Ir]. The summed E-state index contributed by atoms with van der Waals surface area (Å²) in [6, 6.07) is 20.5. The standard InChI is InChI=1S/C28H23N2O.C13H24O2.Ir/c1-28(2,3)23-16-18(15-17-7-4-5-8-19(17)23)25-27-21(12-14-30-25)20-10-11-24-22(26(20)31-27)9-6-13-29-24;1-5-10(6-2)12(14)9-13(15)11(7-3)8-4;/h4-9,12-14,16H,10-11H2,1-3H3;9-11,14H,5-8H2,1-4H3;/q-1;;/b;12-9-;. The molecular weight excluding hydrogens is 761 g/mol. The molecule has 1 aliphatic carbocycles. The minimum atomic E-state index is 0. The number of furan rings is 1. The van der Waals surface area contributed by atoms with Crippen LogP contribution in [0.4, 0.5) is 0 Å². The predicted octanol–water partition coefficient (Wildman–Crippen LogP) is 10.8. The van der Waals surface area contributed by atoms with Gasteiger partial charge in [0, 0.05) is 72.6 Å². The summed E-state index contributed by atoms with van der Waals surface area (Å²) in [5, 5.41) is 13.3. The van der Waals surface area contributed by atoms with Crippen molar-refractivity contribution in [2.24, 2.45) is 11.8 Å². The number of aryl methyl sites for hydroxylation is 2. The van der Waals surface area contributed by atoms with Crippen LogP contribution in [0.25, 0.3) is 44.3 Å². The Balaban J connectivity index is 0.000000269. The molecule has 3 aromatic heterocycles. The predicted molar refractivity (Wildman–Crippen MR) is 189 cm³/mol. The van der Waals surface area contributed by atoms with E-state index in [9.17, 15) is 9.90 Å². The number of hydrogen-bond donors (Lipinski definition) is 1. The summed E-state index contributed by atoms with van der Waals surface area (Å²) in [7, 11) is 0. The zero-order valence-electron chi connectivity index (χ0n) is 28.7. The van der Waals surface area contributed by atoms with Gasteiger partial charge in [0.1, 0.15) is 11.3 Å². The van der Waals surface area contributed by atoms with Gasteiger partial charge < -0.3 is 9.52 Å². The first-order chi connectivity index (χ1) is 22.1. The molecule has 2 aromatic carbocycles. The van der Waals surface area contributed by atoms with Crippen molar-refractivity contribution in [2.45, 2.75) is 92.4 Å². The zero-order chi connectivity index (χ0) is 33.0. The Hall–Kier alpha value is -3.60. The fraction of sp³-hybridized carbons (Fsp3) is 0.390. The van der Waals surface area contributed by atoms with E-state index in [1.54, 1.807) is 0 Å². The molecule has 0 bridgehead atoms. The molecule has 0 amide bonds. The topological polar surface area (TPSA) is 76.2 Å². The van der Waals surface area contributed by atoms with Gasteiger partial charge in [-0.3, -0.25) is 14.8 Å². The smallest absolute Gasteiger partial charge is 0.162 e. The third-order valence-corrected chi connectivity index (χ3v) is 9.37. The molecule has 0 aliphatic heterocycles. The van der Waals surface area contributed by atoms with E-state index in [2.05, 4.69) is 74.3 Å². The number of allylic oxidation sites excluding steroid dienone is 2. The quantitative estimate of drug-likeness (QED) is 0.0960. The average molecular weight is 808 g/mol. The molecule has 6 heteroatoms. The monoisotopic (exact) mass is 808 g/mol. The molecular formula is C41H47IrN2O3-. The first kappa shape index (κ1) is 36.2. The number of rotatable bonds is 8. The van der Waals surface area contributed by atoms with E-state index in [1.807, 2.05) is 46.2 Å². The van der Waals surface area contributed by atoms with Gasteiger partial charge in [0.05, 0.1) is 11.5 Å². The number of pyridine rings is 2. The Bertz CT molecular complexity index is 1870. The molecule has 0 fully saturated rings. The summed E-state index contributed by atoms with van der Waals surface area (Å²) >= 11 is 0. The molecule has 0 saturated carbocycles. The van der Waals surface area contributed by atoms with Gasteiger partial charge in [0.15, 0.2) is 5.78 Å². The van der Waals surface area contributed by atoms with E-state index in [-0.39, 0.29) is 48.9 Å². The van der Waals surface area contributed by atoms with Crippen LogP contribution in [0, 0.1) is 17.9 Å². The molecule has 1 N–H and O–H groups in total. The number of benzene rings is 2. The van der Waals surface area contributed by atoms with Gasteiger partial charge in [-0.1, -0.05) is 77.6 Å². The molecule has 1 radical (unpaired) electrons. The molecule has 6 rings (SSSR count). The molecule has 0 unspecified atom stereocenters. The fourth-order valence-corrected chi connectivity index (χ4v) is 6.58. The van der Waals surface area contributed by atoms with E-state index in [0.717, 1.165) is 83.2 Å². The van der Waals surface area contributed by atoms with E-state index in [1.165, 1.54) is 22.6 Å². The molecule has 249 valence electrons. The number of nitrogens with zero attached hydrogens (tertiary/aromatic N) is 2. The van der Waals surface area contributed by atoms with Crippen LogP contribution in [-0.2, 0) is 43.2 Å². The molecule has 0 atom stereocenters. The molecule has 0 saturated heterocycles. The van der Waals surface area contributed by atoms with Crippen molar-refractivity contribution in [2.75, 3.05) is 0 Å². The van der Waals surface area contributed by atoms with Crippen molar-refractivity contribution >= 4 is 27.5 Å². The first-order valence-corrected chi connectivity index (χ1v) is 16.9. The Morgan fingerprint density at radius 1 is 0.915 bits per heavy atom. The van der Waals surface area contributed by atoms with Crippen LogP contribution in [0.1, 0.15) is 91.0 Å². The van der Waals surface area contributed by atoms with Gasteiger partial charge in [-0.15, -0.1) is 29.1 Å². The van der Waals surface area contributed by atoms with Gasteiger partial charge in [-0.05, 0) is 62.1 Å². The second-order valence-electron chi connectivity index (χ2n) is 13.3. The minimum absolute atomic E-state index is 0. The minimum Gasteiger partial charge on any atom is -0.512 e.